The molecule has 2 aromatic rings. The molecule has 0 spiro atoms. The normalized spacial score (nSPS) is 13.3. The predicted molar refractivity (Wildman–Crippen MR) is 96.4 cm³/mol. The van der Waals surface area contributed by atoms with Crippen molar-refractivity contribution in [1.29, 1.82) is 0 Å². The highest BCUT2D eigenvalue weighted by Gasteiger charge is 2.33. The van der Waals surface area contributed by atoms with Gasteiger partial charge in [-0.3, -0.25) is 0 Å². The first kappa shape index (κ1) is 18.9. The van der Waals surface area contributed by atoms with Crippen LogP contribution in [0.4, 0.5) is 18.9 Å². The van der Waals surface area contributed by atoms with Crippen LogP contribution in [0.2, 0.25) is 8.67 Å². The average molecular weight is 467 g/mol. The first-order valence-corrected chi connectivity index (χ1v) is 9.63. The summed E-state index contributed by atoms with van der Waals surface area (Å²) in [6, 6.07) is 3.11. The molecule has 0 aliphatic heterocycles. The highest BCUT2D eigenvalue weighted by Crippen LogP contribution is 2.48. The van der Waals surface area contributed by atoms with Crippen LogP contribution in [-0.4, -0.2) is 10.5 Å². The second-order valence-corrected chi connectivity index (χ2v) is 8.97. The Balaban J connectivity index is 2.36. The molecule has 10 heteroatoms. The molecule has 0 radical (unpaired) electrons. The third kappa shape index (κ3) is 4.17. The number of rotatable bonds is 3. The fraction of sp³-hybridized carbons (Fsp3) is 0.154. The molecule has 126 valence electrons. The molecule has 0 saturated carbocycles. The second kappa shape index (κ2) is 7.23. The van der Waals surface area contributed by atoms with Crippen molar-refractivity contribution >= 4 is 72.2 Å². The quantitative estimate of drug-likeness (QED) is 0.476. The van der Waals surface area contributed by atoms with Gasteiger partial charge in [-0.25, -0.2) is 0 Å². The summed E-state index contributed by atoms with van der Waals surface area (Å²) < 4.78 is 42.6. The molecule has 0 bridgehead atoms. The summed E-state index contributed by atoms with van der Waals surface area (Å²) in [5, 5.41) is 11.4. The van der Waals surface area contributed by atoms with Gasteiger partial charge in [-0.15, -0.1) is 11.3 Å². The van der Waals surface area contributed by atoms with Crippen LogP contribution < -0.4 is 4.72 Å². The second-order valence-electron chi connectivity index (χ2n) is 4.20. The SMILES string of the molecule is C/C=S(/Nc1ccc(C(F)(F)F)c(O)c1)c1c(Cl)sc(Cl)c1Br. The number of aromatic hydroxyl groups is 1. The Kier molecular flexibility index (Phi) is 5.94. The smallest absolute Gasteiger partial charge is 0.419 e. The van der Waals surface area contributed by atoms with Crippen molar-refractivity contribution in [2.45, 2.75) is 18.0 Å². The van der Waals surface area contributed by atoms with E-state index >= 15 is 0 Å². The van der Waals surface area contributed by atoms with E-state index < -0.39 is 28.2 Å². The largest absolute Gasteiger partial charge is 0.507 e. The molecule has 0 saturated heterocycles. The summed E-state index contributed by atoms with van der Waals surface area (Å²) in [7, 11) is -0.704. The third-order valence-electron chi connectivity index (χ3n) is 2.72. The zero-order chi connectivity index (χ0) is 17.4. The van der Waals surface area contributed by atoms with E-state index in [4.69, 9.17) is 23.2 Å². The van der Waals surface area contributed by atoms with E-state index in [-0.39, 0.29) is 0 Å². The van der Waals surface area contributed by atoms with Gasteiger partial charge >= 0.3 is 6.18 Å². The first-order valence-electron chi connectivity index (χ1n) is 5.98. The minimum Gasteiger partial charge on any atom is -0.507 e. The molecular weight excluding hydrogens is 458 g/mol. The van der Waals surface area contributed by atoms with Crippen molar-refractivity contribution in [3.63, 3.8) is 0 Å². The maximum absolute atomic E-state index is 12.7. The molecule has 0 fully saturated rings. The maximum atomic E-state index is 12.7. The number of halogens is 6. The van der Waals surface area contributed by atoms with Crippen LogP contribution >= 0.6 is 61.1 Å². The van der Waals surface area contributed by atoms with Gasteiger partial charge in [-0.1, -0.05) is 33.9 Å². The lowest BCUT2D eigenvalue weighted by atomic mass is 10.2. The van der Waals surface area contributed by atoms with E-state index in [1.165, 1.54) is 17.4 Å². The first-order chi connectivity index (χ1) is 10.6. The topological polar surface area (TPSA) is 32.3 Å². The van der Waals surface area contributed by atoms with Gasteiger partial charge in [0, 0.05) is 11.8 Å². The molecule has 2 nitrogen and oxygen atoms in total. The standard InChI is InChI=1S/C13H9BrCl2F3NOS2/c1-2-23(10-9(14)11(15)22-12(10)16)20-6-3-4-7(8(21)5-6)13(17,18)19/h2-5,20-21H,1H3. The summed E-state index contributed by atoms with van der Waals surface area (Å²) in [4.78, 5) is 0.712. The summed E-state index contributed by atoms with van der Waals surface area (Å²) in [6.07, 6.45) is -4.60. The Morgan fingerprint density at radius 3 is 2.39 bits per heavy atom. The van der Waals surface area contributed by atoms with Crippen molar-refractivity contribution in [2.24, 2.45) is 0 Å². The number of phenols is 1. The lowest BCUT2D eigenvalue weighted by Gasteiger charge is -2.15. The number of hydrogen-bond donors (Lipinski definition) is 2. The Morgan fingerprint density at radius 1 is 1.30 bits per heavy atom. The van der Waals surface area contributed by atoms with Gasteiger partial charge in [-0.2, -0.15) is 13.2 Å². The van der Waals surface area contributed by atoms with Crippen LogP contribution in [-0.2, 0) is 6.18 Å². The van der Waals surface area contributed by atoms with E-state index in [0.717, 1.165) is 12.1 Å². The molecule has 1 heterocycles. The zero-order valence-corrected chi connectivity index (χ0v) is 16.1. The predicted octanol–water partition coefficient (Wildman–Crippen LogP) is 7.02. The highest BCUT2D eigenvalue weighted by atomic mass is 79.9. The van der Waals surface area contributed by atoms with Crippen LogP contribution in [0.15, 0.2) is 27.6 Å². The molecule has 0 amide bonds. The van der Waals surface area contributed by atoms with Crippen LogP contribution in [0.3, 0.4) is 0 Å². The molecular formula is C13H9BrCl2F3NOS2. The van der Waals surface area contributed by atoms with E-state index in [0.29, 0.717) is 23.7 Å². The van der Waals surface area contributed by atoms with Crippen molar-refractivity contribution in [1.82, 2.24) is 0 Å². The molecule has 23 heavy (non-hydrogen) atoms. The molecule has 1 unspecified atom stereocenters. The molecule has 1 atom stereocenters. The fourth-order valence-electron chi connectivity index (χ4n) is 1.72. The molecule has 2 rings (SSSR count). The summed E-state index contributed by atoms with van der Waals surface area (Å²) in [5.74, 6) is -0.837. The minimum absolute atomic E-state index is 0.335. The van der Waals surface area contributed by atoms with E-state index in [2.05, 4.69) is 20.7 Å². The Bertz CT molecular complexity index is 777. The molecule has 0 aliphatic rings. The van der Waals surface area contributed by atoms with E-state index in [1.807, 2.05) is 5.37 Å². The fourth-order valence-corrected chi connectivity index (χ4v) is 6.31. The number of phenolic OH excluding ortho intramolecular Hbond substituents is 1. The summed E-state index contributed by atoms with van der Waals surface area (Å²) in [5.41, 5.74) is -0.747. The number of alkyl halides is 3. The maximum Gasteiger partial charge on any atom is 0.419 e. The number of hydrogen-bond acceptors (Lipinski definition) is 3. The van der Waals surface area contributed by atoms with E-state index in [1.54, 1.807) is 6.92 Å². The molecule has 1 aromatic heterocycles. The molecule has 0 aliphatic carbocycles. The number of benzene rings is 1. The average Bonchev–Trinajstić information content (AvgIpc) is 2.68. The lowest BCUT2D eigenvalue weighted by molar-refractivity contribution is -0.138. The third-order valence-corrected chi connectivity index (χ3v) is 7.89. The van der Waals surface area contributed by atoms with Gasteiger partial charge in [0.2, 0.25) is 0 Å². The Hall–Kier alpha value is -0.410. The monoisotopic (exact) mass is 465 g/mol. The minimum atomic E-state index is -4.60. The Morgan fingerprint density at radius 2 is 1.96 bits per heavy atom. The van der Waals surface area contributed by atoms with Crippen molar-refractivity contribution in [2.75, 3.05) is 4.72 Å². The van der Waals surface area contributed by atoms with Gasteiger partial charge in [0.05, 0.1) is 14.9 Å². The van der Waals surface area contributed by atoms with Crippen LogP contribution in [0.25, 0.3) is 0 Å². The lowest BCUT2D eigenvalue weighted by Crippen LogP contribution is -2.05. The number of thiophene rings is 1. The van der Waals surface area contributed by atoms with Crippen LogP contribution in [0.1, 0.15) is 12.5 Å². The molecule has 1 aromatic carbocycles. The van der Waals surface area contributed by atoms with Gasteiger partial charge in [0.15, 0.2) is 0 Å². The van der Waals surface area contributed by atoms with E-state index in [9.17, 15) is 18.3 Å². The number of nitrogens with one attached hydrogen (secondary N) is 1. The van der Waals surface area contributed by atoms with Gasteiger partial charge in [0.25, 0.3) is 0 Å². The van der Waals surface area contributed by atoms with Gasteiger partial charge < -0.3 is 9.83 Å². The van der Waals surface area contributed by atoms with Crippen molar-refractivity contribution < 1.29 is 18.3 Å². The molecule has 2 N–H and O–H groups in total. The zero-order valence-electron chi connectivity index (χ0n) is 11.3. The summed E-state index contributed by atoms with van der Waals surface area (Å²) >= 11 is 16.7. The van der Waals surface area contributed by atoms with Gasteiger partial charge in [0.1, 0.15) is 14.4 Å². The Labute approximate surface area is 155 Å². The van der Waals surface area contributed by atoms with Crippen LogP contribution in [0, 0.1) is 0 Å². The van der Waals surface area contributed by atoms with Crippen molar-refractivity contribution in [3.05, 3.63) is 36.9 Å². The van der Waals surface area contributed by atoms with Crippen LogP contribution in [0.5, 0.6) is 5.75 Å². The van der Waals surface area contributed by atoms with Crippen molar-refractivity contribution in [3.8, 4) is 5.75 Å². The highest BCUT2D eigenvalue weighted by molar-refractivity contribution is 9.10. The summed E-state index contributed by atoms with van der Waals surface area (Å²) in [6.45, 7) is 1.79. The number of anilines is 1. The van der Waals surface area contributed by atoms with Gasteiger partial charge in [-0.05, 0) is 40.4 Å².